The first-order valence-electron chi connectivity index (χ1n) is 4.40. The van der Waals surface area contributed by atoms with Crippen LogP contribution in [0.1, 0.15) is 0 Å². The lowest BCUT2D eigenvalue weighted by molar-refractivity contribution is 0.355. The second kappa shape index (κ2) is 3.90. The molecule has 0 spiro atoms. The molecule has 78 valence electrons. The van der Waals surface area contributed by atoms with Crippen LogP contribution in [0, 0.1) is 4.71 Å². The summed E-state index contributed by atoms with van der Waals surface area (Å²) in [7, 11) is 3.18. The maximum Gasteiger partial charge on any atom is 0.190 e. The summed E-state index contributed by atoms with van der Waals surface area (Å²) in [5.41, 5.74) is 0.695. The van der Waals surface area contributed by atoms with Crippen LogP contribution in [0.4, 0.5) is 0 Å². The van der Waals surface area contributed by atoms with E-state index in [2.05, 4.69) is 0 Å². The monoisotopic (exact) mass is 222 g/mol. The Morgan fingerprint density at radius 2 is 1.73 bits per heavy atom. The number of hydrogen-bond acceptors (Lipinski definition) is 4. The van der Waals surface area contributed by atoms with Crippen molar-refractivity contribution in [3.8, 4) is 11.5 Å². The molecule has 0 saturated carbocycles. The fourth-order valence-corrected chi connectivity index (χ4v) is 1.55. The van der Waals surface area contributed by atoms with Crippen molar-refractivity contribution in [3.63, 3.8) is 0 Å². The maximum absolute atomic E-state index is 5.38. The van der Waals surface area contributed by atoms with Gasteiger partial charge in [-0.15, -0.1) is 0 Å². The topological polar surface area (TPSA) is 31.6 Å². The molecule has 0 atom stereocenters. The molecule has 0 saturated heterocycles. The van der Waals surface area contributed by atoms with E-state index in [0.29, 0.717) is 21.8 Å². The third-order valence-corrected chi connectivity index (χ3v) is 2.34. The van der Waals surface area contributed by atoms with Gasteiger partial charge in [-0.25, -0.2) is 0 Å². The standard InChI is InChI=1S/C11H10O3S/c1-12-9-5-7-3-4-11(15)14-8(7)6-10(9)13-2/h3-6H,1-2H3. The van der Waals surface area contributed by atoms with Gasteiger partial charge in [0.2, 0.25) is 0 Å². The van der Waals surface area contributed by atoms with Gasteiger partial charge in [0, 0.05) is 11.5 Å². The quantitative estimate of drug-likeness (QED) is 0.730. The number of hydrogen-bond donors (Lipinski definition) is 0. The highest BCUT2D eigenvalue weighted by atomic mass is 32.1. The predicted molar refractivity (Wildman–Crippen MR) is 60.2 cm³/mol. The van der Waals surface area contributed by atoms with Crippen molar-refractivity contribution < 1.29 is 13.9 Å². The Morgan fingerprint density at radius 1 is 1.07 bits per heavy atom. The summed E-state index contributed by atoms with van der Waals surface area (Å²) in [5.74, 6) is 1.31. The van der Waals surface area contributed by atoms with Crippen LogP contribution in [-0.2, 0) is 0 Å². The molecule has 2 aromatic rings. The van der Waals surface area contributed by atoms with Crippen LogP contribution in [0.15, 0.2) is 28.7 Å². The number of methoxy groups -OCH3 is 2. The van der Waals surface area contributed by atoms with Gasteiger partial charge < -0.3 is 13.9 Å². The van der Waals surface area contributed by atoms with Gasteiger partial charge in [-0.3, -0.25) is 0 Å². The molecule has 0 aliphatic heterocycles. The molecule has 0 radical (unpaired) electrons. The second-order valence-electron chi connectivity index (χ2n) is 3.00. The zero-order valence-corrected chi connectivity index (χ0v) is 9.26. The molecular weight excluding hydrogens is 212 g/mol. The van der Waals surface area contributed by atoms with Gasteiger partial charge in [-0.1, -0.05) is 0 Å². The summed E-state index contributed by atoms with van der Waals surface area (Å²) in [6.07, 6.45) is 0. The summed E-state index contributed by atoms with van der Waals surface area (Å²) < 4.78 is 16.2. The molecule has 0 fully saturated rings. The zero-order chi connectivity index (χ0) is 10.8. The number of ether oxygens (including phenoxy) is 2. The summed E-state index contributed by atoms with van der Waals surface area (Å²) in [6, 6.07) is 7.25. The minimum absolute atomic E-state index is 0.453. The largest absolute Gasteiger partial charge is 0.493 e. The fourth-order valence-electron chi connectivity index (χ4n) is 1.39. The molecule has 3 nitrogen and oxygen atoms in total. The smallest absolute Gasteiger partial charge is 0.190 e. The zero-order valence-electron chi connectivity index (χ0n) is 8.44. The van der Waals surface area contributed by atoms with Crippen molar-refractivity contribution in [2.75, 3.05) is 14.2 Å². The molecule has 15 heavy (non-hydrogen) atoms. The molecule has 1 heterocycles. The van der Waals surface area contributed by atoms with Crippen LogP contribution in [0.2, 0.25) is 0 Å². The fraction of sp³-hybridized carbons (Fsp3) is 0.182. The van der Waals surface area contributed by atoms with Crippen molar-refractivity contribution >= 4 is 23.2 Å². The molecule has 0 N–H and O–H groups in total. The Hall–Kier alpha value is -1.55. The van der Waals surface area contributed by atoms with Crippen molar-refractivity contribution in [2.45, 2.75) is 0 Å². The molecule has 1 aromatic carbocycles. The Morgan fingerprint density at radius 3 is 2.40 bits per heavy atom. The van der Waals surface area contributed by atoms with E-state index in [1.165, 1.54) is 0 Å². The van der Waals surface area contributed by atoms with Gasteiger partial charge in [0.15, 0.2) is 16.2 Å². The van der Waals surface area contributed by atoms with Crippen LogP contribution in [0.3, 0.4) is 0 Å². The van der Waals surface area contributed by atoms with Crippen LogP contribution >= 0.6 is 12.2 Å². The van der Waals surface area contributed by atoms with Gasteiger partial charge >= 0.3 is 0 Å². The summed E-state index contributed by atoms with van der Waals surface area (Å²) in [5, 5.41) is 0.932. The summed E-state index contributed by atoms with van der Waals surface area (Å²) in [6.45, 7) is 0. The SMILES string of the molecule is COc1cc2ccc(=S)oc2cc1OC. The Balaban J connectivity index is 2.75. The van der Waals surface area contributed by atoms with Gasteiger partial charge in [-0.05, 0) is 30.4 Å². The average molecular weight is 222 g/mol. The summed E-state index contributed by atoms with van der Waals surface area (Å²) in [4.78, 5) is 0. The van der Waals surface area contributed by atoms with Crippen LogP contribution < -0.4 is 9.47 Å². The van der Waals surface area contributed by atoms with E-state index in [-0.39, 0.29) is 0 Å². The molecule has 4 heteroatoms. The minimum Gasteiger partial charge on any atom is -0.493 e. The van der Waals surface area contributed by atoms with E-state index in [1.807, 2.05) is 12.1 Å². The highest BCUT2D eigenvalue weighted by molar-refractivity contribution is 7.71. The number of fused-ring (bicyclic) bond motifs is 1. The normalized spacial score (nSPS) is 10.3. The lowest BCUT2D eigenvalue weighted by Gasteiger charge is -2.07. The molecule has 1 aromatic heterocycles. The highest BCUT2D eigenvalue weighted by Crippen LogP contribution is 2.31. The highest BCUT2D eigenvalue weighted by Gasteiger charge is 2.06. The number of benzene rings is 1. The molecule has 0 aliphatic rings. The van der Waals surface area contributed by atoms with Crippen molar-refractivity contribution in [3.05, 3.63) is 29.0 Å². The molecule has 0 amide bonds. The Labute approximate surface area is 92.2 Å². The first-order valence-corrected chi connectivity index (χ1v) is 4.81. The van der Waals surface area contributed by atoms with Gasteiger partial charge in [-0.2, -0.15) is 0 Å². The van der Waals surface area contributed by atoms with E-state index in [9.17, 15) is 0 Å². The van der Waals surface area contributed by atoms with Gasteiger partial charge in [0.1, 0.15) is 5.58 Å². The van der Waals surface area contributed by atoms with Gasteiger partial charge in [0.05, 0.1) is 14.2 Å². The maximum atomic E-state index is 5.38. The van der Waals surface area contributed by atoms with Crippen LogP contribution in [0.25, 0.3) is 11.0 Å². The first-order chi connectivity index (χ1) is 7.24. The van der Waals surface area contributed by atoms with E-state index in [1.54, 1.807) is 26.4 Å². The number of rotatable bonds is 2. The van der Waals surface area contributed by atoms with Gasteiger partial charge in [0.25, 0.3) is 0 Å². The summed E-state index contributed by atoms with van der Waals surface area (Å²) >= 11 is 4.94. The van der Waals surface area contributed by atoms with E-state index < -0.39 is 0 Å². The van der Waals surface area contributed by atoms with Crippen molar-refractivity contribution in [2.24, 2.45) is 0 Å². The predicted octanol–water partition coefficient (Wildman–Crippen LogP) is 3.18. The minimum atomic E-state index is 0.453. The molecule has 0 unspecified atom stereocenters. The Bertz CT molecular complexity index is 545. The molecule has 0 aliphatic carbocycles. The van der Waals surface area contributed by atoms with E-state index >= 15 is 0 Å². The Kier molecular flexibility index (Phi) is 2.60. The first kappa shape index (κ1) is 9.98. The third kappa shape index (κ3) is 1.80. The van der Waals surface area contributed by atoms with Crippen LogP contribution in [0.5, 0.6) is 11.5 Å². The third-order valence-electron chi connectivity index (χ3n) is 2.13. The van der Waals surface area contributed by atoms with Crippen LogP contribution in [-0.4, -0.2) is 14.2 Å². The average Bonchev–Trinajstić information content (AvgIpc) is 2.27. The molecule has 2 rings (SSSR count). The second-order valence-corrected chi connectivity index (χ2v) is 3.40. The molecule has 0 bridgehead atoms. The lowest BCUT2D eigenvalue weighted by atomic mass is 10.2. The van der Waals surface area contributed by atoms with Crippen molar-refractivity contribution in [1.29, 1.82) is 0 Å². The van der Waals surface area contributed by atoms with E-state index in [4.69, 9.17) is 26.1 Å². The lowest BCUT2D eigenvalue weighted by Crippen LogP contribution is -1.90. The molecular formula is C11H10O3S. The van der Waals surface area contributed by atoms with E-state index in [0.717, 1.165) is 5.39 Å². The van der Waals surface area contributed by atoms with Crippen molar-refractivity contribution in [1.82, 2.24) is 0 Å².